The summed E-state index contributed by atoms with van der Waals surface area (Å²) in [6.45, 7) is -0.893. The molecule has 20 heteroatoms. The summed E-state index contributed by atoms with van der Waals surface area (Å²) in [5.41, 5.74) is 3.06. The van der Waals surface area contributed by atoms with Crippen molar-refractivity contribution >= 4 is 88.4 Å². The third-order valence-electron chi connectivity index (χ3n) is 10.7. The predicted octanol–water partition coefficient (Wildman–Crippen LogP) is 2.28. The zero-order chi connectivity index (χ0) is 48.6. The van der Waals surface area contributed by atoms with Gasteiger partial charge in [0.25, 0.3) is 17.7 Å². The average molecular weight is 926 g/mol. The average Bonchev–Trinajstić information content (AvgIpc) is 3.55. The molecule has 0 saturated carbocycles. The quantitative estimate of drug-likeness (QED) is 0.0510. The van der Waals surface area contributed by atoms with Gasteiger partial charge in [-0.15, -0.1) is 0 Å². The Morgan fingerprint density at radius 2 is 1.46 bits per heavy atom. The number of carbonyl (C=O) groups is 8. The van der Waals surface area contributed by atoms with Crippen LogP contribution in [0.1, 0.15) is 22.3 Å². The molecule has 2 heterocycles. The number of methoxy groups -OCH3 is 1. The number of rotatable bonds is 17. The van der Waals surface area contributed by atoms with Crippen molar-refractivity contribution in [2.24, 2.45) is 0 Å². The molecule has 0 spiro atoms. The SMILES string of the molecule is COCC(=O)N1C[C@H](NC(=O)c2cccc3ccccc23)C(=O)N(CC(=O)N[C@H](C=O)CC(=O)O)c2ccccc21.O=BCN[C@H]1CNc2ccccc2N(CC(=O)OCc2ccccc2)C1=O. The Hall–Kier alpha value is -8.10. The van der Waals surface area contributed by atoms with Gasteiger partial charge in [-0.2, -0.15) is 0 Å². The van der Waals surface area contributed by atoms with Crippen LogP contribution in [-0.2, 0) is 54.3 Å². The summed E-state index contributed by atoms with van der Waals surface area (Å²) in [4.78, 5) is 105. The van der Waals surface area contributed by atoms with Crippen molar-refractivity contribution in [3.63, 3.8) is 0 Å². The summed E-state index contributed by atoms with van der Waals surface area (Å²) in [7, 11) is 2.05. The first kappa shape index (κ1) is 49.3. The number of fused-ring (bicyclic) bond motifs is 3. The number of aliphatic carboxylic acids is 1. The molecule has 68 heavy (non-hydrogen) atoms. The molecule has 5 amide bonds. The normalized spacial score (nSPS) is 15.6. The molecular weight excluding hydrogens is 877 g/mol. The molecule has 0 fully saturated rings. The van der Waals surface area contributed by atoms with Crippen LogP contribution in [0.3, 0.4) is 0 Å². The number of benzene rings is 5. The second-order valence-corrected chi connectivity index (χ2v) is 15.4. The fourth-order valence-corrected chi connectivity index (χ4v) is 7.56. The number of nitrogens with zero attached hydrogens (tertiary/aromatic N) is 3. The molecule has 2 aliphatic rings. The van der Waals surface area contributed by atoms with Crippen LogP contribution in [0.4, 0.5) is 22.7 Å². The molecule has 0 aromatic heterocycles. The van der Waals surface area contributed by atoms with Gasteiger partial charge in [-0.25, -0.2) is 0 Å². The van der Waals surface area contributed by atoms with Crippen LogP contribution in [0.25, 0.3) is 10.8 Å². The minimum atomic E-state index is -1.31. The number of carboxylic acid groups (broad SMARTS) is 1. The summed E-state index contributed by atoms with van der Waals surface area (Å²) in [5.74, 6) is -4.61. The third kappa shape index (κ3) is 12.6. The van der Waals surface area contributed by atoms with Gasteiger partial charge < -0.3 is 30.2 Å². The topological polar surface area (TPSA) is 250 Å². The summed E-state index contributed by atoms with van der Waals surface area (Å²) < 4.78 is 21.0. The molecule has 0 aliphatic carbocycles. The van der Waals surface area contributed by atoms with Crippen molar-refractivity contribution in [2.75, 3.05) is 66.4 Å². The van der Waals surface area contributed by atoms with Crippen molar-refractivity contribution in [1.82, 2.24) is 16.0 Å². The number of aldehydes is 1. The predicted molar refractivity (Wildman–Crippen MR) is 250 cm³/mol. The van der Waals surface area contributed by atoms with Gasteiger partial charge in [0, 0.05) is 12.7 Å². The maximum atomic E-state index is 13.9. The molecular formula is C48H48BN7O12. The Bertz CT molecular complexity index is 2670. The number of amides is 5. The van der Waals surface area contributed by atoms with Crippen molar-refractivity contribution < 1.29 is 57.6 Å². The fraction of sp³-hybridized carbons (Fsp3) is 0.250. The number of carbonyl (C=O) groups excluding carboxylic acids is 7. The molecule has 0 bridgehead atoms. The first-order valence-electron chi connectivity index (χ1n) is 21.4. The van der Waals surface area contributed by atoms with E-state index >= 15 is 0 Å². The van der Waals surface area contributed by atoms with E-state index in [1.807, 2.05) is 60.7 Å². The molecule has 7 rings (SSSR count). The molecule has 2 aliphatic heterocycles. The maximum absolute atomic E-state index is 13.9. The number of nitrogens with one attached hydrogen (secondary N) is 4. The van der Waals surface area contributed by atoms with Gasteiger partial charge >= 0.3 is 157 Å². The van der Waals surface area contributed by atoms with E-state index in [1.165, 1.54) is 23.0 Å². The van der Waals surface area contributed by atoms with E-state index in [4.69, 9.17) is 14.6 Å². The number of anilines is 4. The fourth-order valence-electron chi connectivity index (χ4n) is 7.56. The van der Waals surface area contributed by atoms with Crippen molar-refractivity contribution in [2.45, 2.75) is 31.2 Å². The van der Waals surface area contributed by atoms with E-state index in [-0.39, 0.29) is 44.3 Å². The Morgan fingerprint density at radius 1 is 0.809 bits per heavy atom. The van der Waals surface area contributed by atoms with Crippen molar-refractivity contribution in [1.29, 1.82) is 0 Å². The molecule has 0 unspecified atom stereocenters. The zero-order valence-corrected chi connectivity index (χ0v) is 36.9. The number of carboxylic acids is 1. The molecule has 0 saturated heterocycles. The van der Waals surface area contributed by atoms with E-state index in [0.717, 1.165) is 21.5 Å². The van der Waals surface area contributed by atoms with E-state index in [1.54, 1.807) is 54.6 Å². The Balaban J connectivity index is 0.000000244. The van der Waals surface area contributed by atoms with Crippen LogP contribution in [0.15, 0.2) is 121 Å². The number of hydrogen-bond acceptors (Lipinski definition) is 13. The third-order valence-corrected chi connectivity index (χ3v) is 10.7. The number of para-hydroxylation sites is 4. The first-order valence-corrected chi connectivity index (χ1v) is 21.4. The Labute approximate surface area is 391 Å². The van der Waals surface area contributed by atoms with Crippen molar-refractivity contribution in [3.8, 4) is 0 Å². The van der Waals surface area contributed by atoms with Crippen LogP contribution in [0.5, 0.6) is 0 Å². The van der Waals surface area contributed by atoms with Gasteiger partial charge in [0.2, 0.25) is 5.91 Å². The first-order chi connectivity index (χ1) is 32.9. The summed E-state index contributed by atoms with van der Waals surface area (Å²) in [6.07, 6.45) is -0.286. The monoisotopic (exact) mass is 925 g/mol. The second kappa shape index (κ2) is 23.9. The zero-order valence-electron chi connectivity index (χ0n) is 36.9. The van der Waals surface area contributed by atoms with Crippen molar-refractivity contribution in [3.05, 3.63) is 132 Å². The Kier molecular flexibility index (Phi) is 17.3. The molecule has 5 aromatic carbocycles. The van der Waals surface area contributed by atoms with Gasteiger partial charge in [0.05, 0.1) is 30.4 Å². The van der Waals surface area contributed by atoms with E-state index < -0.39 is 66.7 Å². The molecule has 0 radical (unpaired) electrons. The van der Waals surface area contributed by atoms with E-state index in [9.17, 15) is 43.1 Å². The second-order valence-electron chi connectivity index (χ2n) is 15.4. The van der Waals surface area contributed by atoms with Crippen LogP contribution in [0.2, 0.25) is 0 Å². The van der Waals surface area contributed by atoms with Crippen LogP contribution < -0.4 is 36.0 Å². The molecule has 3 atom stereocenters. The number of esters is 1. The van der Waals surface area contributed by atoms with Gasteiger partial charge in [-0.05, 0) is 29.0 Å². The molecule has 5 aromatic rings. The summed E-state index contributed by atoms with van der Waals surface area (Å²) in [5, 5.41) is 21.6. The molecule has 350 valence electrons. The van der Waals surface area contributed by atoms with Gasteiger partial charge in [0.1, 0.15) is 25.5 Å². The number of ether oxygens (including phenoxy) is 2. The summed E-state index contributed by atoms with van der Waals surface area (Å²) in [6, 6.07) is 32.2. The van der Waals surface area contributed by atoms with Gasteiger partial charge in [-0.1, -0.05) is 54.6 Å². The van der Waals surface area contributed by atoms with Crippen LogP contribution >= 0.6 is 0 Å². The summed E-state index contributed by atoms with van der Waals surface area (Å²) >= 11 is 0. The van der Waals surface area contributed by atoms with Gasteiger partial charge in [0.15, 0.2) is 0 Å². The van der Waals surface area contributed by atoms with E-state index in [0.29, 0.717) is 42.3 Å². The van der Waals surface area contributed by atoms with Crippen LogP contribution in [-0.4, -0.2) is 124 Å². The molecule has 5 N–H and O–H groups in total. The molecule has 19 nitrogen and oxygen atoms in total. The Morgan fingerprint density at radius 3 is 2.18 bits per heavy atom. The van der Waals surface area contributed by atoms with Gasteiger partial charge in [-0.3, -0.25) is 28.9 Å². The van der Waals surface area contributed by atoms with Crippen LogP contribution in [0, 0.1) is 0 Å². The standard InChI is InChI=1S/C29H28N4O8.C19H20BN3O4/c1-41-17-26(36)32-14-22(31-28(39)21-10-6-8-18-7-2-3-9-20(18)21)29(40)33(24-12-5-4-11-23(24)32)15-25(35)30-19(16-34)13-27(37)38;24-18(27-12-14-6-2-1-3-7-14)11-23-17-9-5-4-8-15(17)21-10-16(19(23)25)22-13-20-26/h2-12,16,19,22H,13-15,17H2,1H3,(H,30,35)(H,31,39)(H,37,38);1-9,16,21-22H,10-13H2/t19-,22-;16-/m00/s1. The minimum absolute atomic E-state index is 0.0563. The number of hydrogen-bond donors (Lipinski definition) is 5. The van der Waals surface area contributed by atoms with E-state index in [2.05, 4.69) is 21.3 Å².